The molecule has 0 fully saturated rings. The molecule has 0 aliphatic carbocycles. The van der Waals surface area contributed by atoms with E-state index < -0.39 is 20.0 Å². The average molecular weight is 467 g/mol. The Morgan fingerprint density at radius 3 is 1.94 bits per heavy atom. The van der Waals surface area contributed by atoms with Gasteiger partial charge in [-0.3, -0.25) is 0 Å². The summed E-state index contributed by atoms with van der Waals surface area (Å²) in [5.74, 6) is -0.0904. The number of amidine groups is 1. The molecule has 0 saturated carbocycles. The highest BCUT2D eigenvalue weighted by molar-refractivity contribution is 7.91. The van der Waals surface area contributed by atoms with E-state index in [1.54, 1.807) is 30.3 Å². The van der Waals surface area contributed by atoms with Crippen LogP contribution in [0.1, 0.15) is 22.3 Å². The van der Waals surface area contributed by atoms with Crippen molar-refractivity contribution in [3.63, 3.8) is 0 Å². The van der Waals surface area contributed by atoms with Gasteiger partial charge in [-0.15, -0.1) is 4.40 Å². The molecule has 0 unspecified atom stereocenters. The summed E-state index contributed by atoms with van der Waals surface area (Å²) in [5, 5.41) is 0. The Balaban J connectivity index is 1.87. The second-order valence-electron chi connectivity index (χ2n) is 7.60. The van der Waals surface area contributed by atoms with Crippen LogP contribution in [-0.4, -0.2) is 27.0 Å². The van der Waals surface area contributed by atoms with Crippen molar-refractivity contribution in [3.8, 4) is 0 Å². The van der Waals surface area contributed by atoms with Crippen molar-refractivity contribution in [1.82, 2.24) is 4.31 Å². The monoisotopic (exact) mass is 466 g/mol. The molecule has 0 amide bonds. The summed E-state index contributed by atoms with van der Waals surface area (Å²) >= 11 is 0. The Morgan fingerprint density at radius 1 is 0.750 bits per heavy atom. The van der Waals surface area contributed by atoms with Crippen molar-refractivity contribution >= 4 is 32.0 Å². The lowest BCUT2D eigenvalue weighted by Crippen LogP contribution is -2.33. The number of benzene rings is 3. The van der Waals surface area contributed by atoms with Gasteiger partial charge in [-0.05, 0) is 55.3 Å². The first-order valence-electron chi connectivity index (χ1n) is 9.94. The minimum absolute atomic E-state index is 0.00444. The number of aryl methyl sites for hydroxylation is 2. The molecular weight excluding hydrogens is 444 g/mol. The Morgan fingerprint density at radius 2 is 1.31 bits per heavy atom. The van der Waals surface area contributed by atoms with Gasteiger partial charge in [0.05, 0.1) is 9.79 Å². The van der Waals surface area contributed by atoms with Gasteiger partial charge in [-0.2, -0.15) is 8.42 Å². The molecule has 0 N–H and O–H groups in total. The summed E-state index contributed by atoms with van der Waals surface area (Å²) in [7, 11) is -8.21. The third-order valence-electron chi connectivity index (χ3n) is 5.17. The van der Waals surface area contributed by atoms with Crippen LogP contribution in [0.2, 0.25) is 0 Å². The van der Waals surface area contributed by atoms with E-state index >= 15 is 0 Å². The molecule has 1 heterocycles. The zero-order chi connectivity index (χ0) is 22.9. The second kappa shape index (κ2) is 8.37. The molecule has 3 aromatic carbocycles. The molecule has 32 heavy (non-hydrogen) atoms. The van der Waals surface area contributed by atoms with E-state index in [0.29, 0.717) is 0 Å². The maximum Gasteiger partial charge on any atom is 0.283 e. The van der Waals surface area contributed by atoms with E-state index in [1.165, 1.54) is 30.5 Å². The zero-order valence-corrected chi connectivity index (χ0v) is 19.3. The fourth-order valence-corrected chi connectivity index (χ4v) is 5.74. The number of hydrogen-bond donors (Lipinski definition) is 0. The predicted octanol–water partition coefficient (Wildman–Crippen LogP) is 4.31. The van der Waals surface area contributed by atoms with Gasteiger partial charge in [0.1, 0.15) is 5.84 Å². The lowest BCUT2D eigenvalue weighted by molar-refractivity contribution is 0.562. The molecule has 1 aliphatic rings. The van der Waals surface area contributed by atoms with Crippen molar-refractivity contribution in [2.75, 3.05) is 0 Å². The summed E-state index contributed by atoms with van der Waals surface area (Å²) < 4.78 is 58.0. The van der Waals surface area contributed by atoms with E-state index in [0.717, 1.165) is 26.6 Å². The Kier molecular flexibility index (Phi) is 5.75. The van der Waals surface area contributed by atoms with E-state index in [9.17, 15) is 16.8 Å². The summed E-state index contributed by atoms with van der Waals surface area (Å²) in [5.41, 5.74) is 3.41. The fraction of sp³-hybridized carbons (Fsp3) is 0.125. The Labute approximate surface area is 188 Å². The molecule has 0 bridgehead atoms. The molecule has 8 heteroatoms. The smallest absolute Gasteiger partial charge is 0.227 e. The van der Waals surface area contributed by atoms with Gasteiger partial charge >= 0.3 is 0 Å². The van der Waals surface area contributed by atoms with Crippen LogP contribution in [0.25, 0.3) is 6.08 Å². The van der Waals surface area contributed by atoms with Crippen LogP contribution in [0.3, 0.4) is 0 Å². The highest BCUT2D eigenvalue weighted by Crippen LogP contribution is 2.26. The molecule has 0 atom stereocenters. The summed E-state index contributed by atoms with van der Waals surface area (Å²) in [6.45, 7) is 3.71. The lowest BCUT2D eigenvalue weighted by atomic mass is 10.1. The average Bonchev–Trinajstić information content (AvgIpc) is 2.93. The number of hydrogen-bond acceptors (Lipinski definition) is 4. The minimum Gasteiger partial charge on any atom is -0.227 e. The molecule has 0 aromatic heterocycles. The molecule has 4 rings (SSSR count). The van der Waals surface area contributed by atoms with Gasteiger partial charge in [0.25, 0.3) is 20.0 Å². The van der Waals surface area contributed by atoms with Gasteiger partial charge in [-0.25, -0.2) is 12.7 Å². The van der Waals surface area contributed by atoms with Crippen molar-refractivity contribution in [2.24, 2.45) is 4.40 Å². The van der Waals surface area contributed by atoms with Gasteiger partial charge in [0, 0.05) is 12.6 Å². The van der Waals surface area contributed by atoms with Crippen LogP contribution in [0.5, 0.6) is 0 Å². The Bertz CT molecular complexity index is 1420. The first-order valence-corrected chi connectivity index (χ1v) is 12.8. The Hall–Kier alpha value is -3.23. The number of rotatable bonds is 4. The quantitative estimate of drug-likeness (QED) is 0.574. The number of sulfonamides is 2. The third kappa shape index (κ3) is 4.37. The molecule has 0 radical (unpaired) electrons. The molecule has 0 saturated heterocycles. The minimum atomic E-state index is -4.13. The fourth-order valence-electron chi connectivity index (χ4n) is 3.36. The topological polar surface area (TPSA) is 83.9 Å². The third-order valence-corrected chi connectivity index (χ3v) is 8.21. The first-order chi connectivity index (χ1) is 15.2. The van der Waals surface area contributed by atoms with Crippen molar-refractivity contribution < 1.29 is 16.8 Å². The maximum atomic E-state index is 13.5. The van der Waals surface area contributed by atoms with Crippen molar-refractivity contribution in [2.45, 2.75) is 30.1 Å². The van der Waals surface area contributed by atoms with Gasteiger partial charge in [0.2, 0.25) is 0 Å². The van der Waals surface area contributed by atoms with Gasteiger partial charge in [0.15, 0.2) is 0 Å². The highest BCUT2D eigenvalue weighted by atomic mass is 32.2. The summed E-state index contributed by atoms with van der Waals surface area (Å²) in [6.07, 6.45) is 3.06. The van der Waals surface area contributed by atoms with Crippen molar-refractivity contribution in [3.05, 3.63) is 101 Å². The summed E-state index contributed by atoms with van der Waals surface area (Å²) in [4.78, 5) is 0.0592. The van der Waals surface area contributed by atoms with Crippen LogP contribution in [0.15, 0.2) is 93.2 Å². The second-order valence-corrected chi connectivity index (χ2v) is 11.0. The van der Waals surface area contributed by atoms with Crippen molar-refractivity contribution in [1.29, 1.82) is 0 Å². The normalized spacial score (nSPS) is 15.4. The van der Waals surface area contributed by atoms with Crippen LogP contribution in [0, 0.1) is 13.8 Å². The molecule has 1 aliphatic heterocycles. The SMILES string of the molecule is Cc1ccc(S(=O)(=O)/N=C2\Cc3ccccc3C=CN2S(=O)(=O)c2ccc(C)cc2)cc1. The molecule has 6 nitrogen and oxygen atoms in total. The standard InChI is InChI=1S/C24H22N2O4S2/c1-18-7-11-22(12-8-18)31(27,28)25-24-17-21-6-4-3-5-20(21)15-16-26(24)32(29,30)23-13-9-19(2)10-14-23/h3-16H,17H2,1-2H3/b25-24+. The lowest BCUT2D eigenvalue weighted by Gasteiger charge is -2.21. The van der Waals surface area contributed by atoms with Crippen LogP contribution in [0.4, 0.5) is 0 Å². The number of nitrogens with zero attached hydrogens (tertiary/aromatic N) is 2. The van der Waals surface area contributed by atoms with Crippen LogP contribution in [-0.2, 0) is 26.5 Å². The molecule has 3 aromatic rings. The largest absolute Gasteiger partial charge is 0.283 e. The molecule has 0 spiro atoms. The number of fused-ring (bicyclic) bond motifs is 1. The predicted molar refractivity (Wildman–Crippen MR) is 125 cm³/mol. The van der Waals surface area contributed by atoms with E-state index in [1.807, 2.05) is 38.1 Å². The van der Waals surface area contributed by atoms with Crippen LogP contribution < -0.4 is 0 Å². The molecule has 164 valence electrons. The maximum absolute atomic E-state index is 13.5. The zero-order valence-electron chi connectivity index (χ0n) is 17.6. The van der Waals surface area contributed by atoms with Crippen LogP contribution >= 0.6 is 0 Å². The molecular formula is C24H22N2O4S2. The van der Waals surface area contributed by atoms with E-state index in [-0.39, 0.29) is 22.0 Å². The summed E-state index contributed by atoms with van der Waals surface area (Å²) in [6, 6.07) is 20.0. The van der Waals surface area contributed by atoms with Gasteiger partial charge in [-0.1, -0.05) is 59.7 Å². The first kappa shape index (κ1) is 22.0. The highest BCUT2D eigenvalue weighted by Gasteiger charge is 2.30. The van der Waals surface area contributed by atoms with E-state index in [2.05, 4.69) is 4.40 Å². The van der Waals surface area contributed by atoms with Gasteiger partial charge < -0.3 is 0 Å². The van der Waals surface area contributed by atoms with E-state index in [4.69, 9.17) is 0 Å².